The van der Waals surface area contributed by atoms with E-state index >= 15 is 0 Å². The van der Waals surface area contributed by atoms with Gasteiger partial charge in [-0.1, -0.05) is 41.4 Å². The van der Waals surface area contributed by atoms with Crippen LogP contribution in [0.5, 0.6) is 5.75 Å². The summed E-state index contributed by atoms with van der Waals surface area (Å²) in [5.41, 5.74) is 2.29. The number of hydrogen-bond donors (Lipinski definition) is 0. The molecule has 28 heavy (non-hydrogen) atoms. The first-order valence-corrected chi connectivity index (χ1v) is 9.01. The summed E-state index contributed by atoms with van der Waals surface area (Å²) in [6.45, 7) is 1.44. The first-order chi connectivity index (χ1) is 13.4. The van der Waals surface area contributed by atoms with Crippen LogP contribution in [0.25, 0.3) is 6.08 Å². The quantitative estimate of drug-likeness (QED) is 0.534. The van der Waals surface area contributed by atoms with Gasteiger partial charge in [0.05, 0.1) is 34.1 Å². The maximum absolute atomic E-state index is 12.8. The Bertz CT molecular complexity index is 964. The molecule has 0 aromatic heterocycles. The number of anilines is 1. The highest BCUT2D eigenvalue weighted by atomic mass is 35.5. The van der Waals surface area contributed by atoms with E-state index < -0.39 is 5.97 Å². The third kappa shape index (κ3) is 4.18. The van der Waals surface area contributed by atoms with Crippen LogP contribution in [0.1, 0.15) is 12.5 Å². The van der Waals surface area contributed by atoms with Crippen LogP contribution in [0.2, 0.25) is 10.0 Å². The van der Waals surface area contributed by atoms with Gasteiger partial charge >= 0.3 is 5.97 Å². The summed E-state index contributed by atoms with van der Waals surface area (Å²) in [5, 5.41) is 6.10. The van der Waals surface area contributed by atoms with Gasteiger partial charge in [-0.3, -0.25) is 4.79 Å². The van der Waals surface area contributed by atoms with Gasteiger partial charge in [-0.25, -0.2) is 4.79 Å². The second-order valence-corrected chi connectivity index (χ2v) is 6.69. The molecule has 0 aliphatic carbocycles. The normalized spacial score (nSPS) is 15.0. The lowest BCUT2D eigenvalue weighted by Gasteiger charge is -2.11. The van der Waals surface area contributed by atoms with Crippen molar-refractivity contribution in [2.45, 2.75) is 6.92 Å². The molecule has 8 heteroatoms. The summed E-state index contributed by atoms with van der Waals surface area (Å²) >= 11 is 12.5. The van der Waals surface area contributed by atoms with Crippen molar-refractivity contribution in [3.8, 4) is 5.75 Å². The largest absolute Gasteiger partial charge is 0.479 e. The molecule has 0 saturated carbocycles. The molecule has 1 aliphatic heterocycles. The highest BCUT2D eigenvalue weighted by molar-refractivity contribution is 6.37. The van der Waals surface area contributed by atoms with Crippen LogP contribution in [0.4, 0.5) is 5.69 Å². The molecule has 6 nitrogen and oxygen atoms in total. The molecule has 144 valence electrons. The van der Waals surface area contributed by atoms with Crippen LogP contribution in [0.15, 0.2) is 53.1 Å². The van der Waals surface area contributed by atoms with Gasteiger partial charge in [0.15, 0.2) is 12.4 Å². The van der Waals surface area contributed by atoms with Crippen molar-refractivity contribution in [3.63, 3.8) is 0 Å². The topological polar surface area (TPSA) is 68.2 Å². The van der Waals surface area contributed by atoms with Crippen molar-refractivity contribution in [2.24, 2.45) is 5.10 Å². The van der Waals surface area contributed by atoms with E-state index in [1.807, 2.05) is 18.2 Å². The number of rotatable bonds is 5. The Hall–Kier alpha value is -2.83. The molecule has 2 aromatic carbocycles. The highest BCUT2D eigenvalue weighted by Crippen LogP contribution is 2.35. The fourth-order valence-electron chi connectivity index (χ4n) is 2.59. The standard InChI is InChI=1S/C20H16Cl2N2O4/c1-12-15(20(26)24(23-12)14-6-4-3-5-7-14)8-13-9-16(21)19(17(22)10-13)28-11-18(25)27-2/h3-10H,11H2,1-2H3/b15-8+. The van der Waals surface area contributed by atoms with Gasteiger partial charge in [-0.2, -0.15) is 10.1 Å². The molecule has 0 spiro atoms. The summed E-state index contributed by atoms with van der Waals surface area (Å²) in [7, 11) is 1.26. The lowest BCUT2D eigenvalue weighted by Crippen LogP contribution is -2.21. The predicted molar refractivity (Wildman–Crippen MR) is 109 cm³/mol. The number of para-hydroxylation sites is 1. The minimum atomic E-state index is -0.553. The minimum Gasteiger partial charge on any atom is -0.479 e. The first kappa shape index (κ1) is 19.9. The molecule has 1 aliphatic rings. The maximum atomic E-state index is 12.8. The van der Waals surface area contributed by atoms with E-state index in [9.17, 15) is 9.59 Å². The van der Waals surface area contributed by atoms with Crippen LogP contribution in [-0.2, 0) is 14.3 Å². The molecule has 0 fully saturated rings. The van der Waals surface area contributed by atoms with E-state index in [0.717, 1.165) is 0 Å². The van der Waals surface area contributed by atoms with Crippen molar-refractivity contribution in [2.75, 3.05) is 18.7 Å². The number of ether oxygens (including phenoxy) is 2. The fraction of sp³-hybridized carbons (Fsp3) is 0.150. The molecule has 1 amide bonds. The average Bonchev–Trinajstić information content (AvgIpc) is 2.96. The highest BCUT2D eigenvalue weighted by Gasteiger charge is 2.28. The van der Waals surface area contributed by atoms with E-state index in [4.69, 9.17) is 27.9 Å². The van der Waals surface area contributed by atoms with Gasteiger partial charge in [0, 0.05) is 0 Å². The van der Waals surface area contributed by atoms with E-state index in [-0.39, 0.29) is 28.3 Å². The summed E-state index contributed by atoms with van der Waals surface area (Å²) in [6, 6.07) is 12.3. The van der Waals surface area contributed by atoms with Crippen LogP contribution in [0, 0.1) is 0 Å². The number of methoxy groups -OCH3 is 1. The Kier molecular flexibility index (Phi) is 6.02. The third-order valence-electron chi connectivity index (χ3n) is 3.96. The monoisotopic (exact) mass is 418 g/mol. The number of benzene rings is 2. The maximum Gasteiger partial charge on any atom is 0.343 e. The Labute approximate surface area is 171 Å². The summed E-state index contributed by atoms with van der Waals surface area (Å²) in [4.78, 5) is 24.0. The SMILES string of the molecule is COC(=O)COc1c(Cl)cc(/C=C2/C(=O)N(c3ccccc3)N=C2C)cc1Cl. The van der Waals surface area contributed by atoms with Crippen molar-refractivity contribution in [1.29, 1.82) is 0 Å². The molecule has 1 heterocycles. The molecular weight excluding hydrogens is 403 g/mol. The molecule has 0 radical (unpaired) electrons. The lowest BCUT2D eigenvalue weighted by molar-refractivity contribution is -0.142. The number of amides is 1. The number of carbonyl (C=O) groups excluding carboxylic acids is 2. The number of nitrogens with zero attached hydrogens (tertiary/aromatic N) is 2. The molecular formula is C20H16Cl2N2O4. The zero-order valence-corrected chi connectivity index (χ0v) is 16.6. The molecule has 0 saturated heterocycles. The van der Waals surface area contributed by atoms with Crippen LogP contribution in [-0.4, -0.2) is 31.3 Å². The van der Waals surface area contributed by atoms with Crippen molar-refractivity contribution in [1.82, 2.24) is 0 Å². The molecule has 0 unspecified atom stereocenters. The number of halogens is 2. The smallest absolute Gasteiger partial charge is 0.343 e. The average molecular weight is 419 g/mol. The number of esters is 1. The van der Waals surface area contributed by atoms with E-state index in [1.165, 1.54) is 12.1 Å². The zero-order valence-electron chi connectivity index (χ0n) is 15.1. The Morgan fingerprint density at radius 3 is 2.43 bits per heavy atom. The zero-order chi connectivity index (χ0) is 20.3. The molecule has 0 bridgehead atoms. The Morgan fingerprint density at radius 2 is 1.82 bits per heavy atom. The fourth-order valence-corrected chi connectivity index (χ4v) is 3.20. The van der Waals surface area contributed by atoms with E-state index in [0.29, 0.717) is 22.5 Å². The second-order valence-electron chi connectivity index (χ2n) is 5.87. The van der Waals surface area contributed by atoms with Crippen LogP contribution < -0.4 is 9.75 Å². The van der Waals surface area contributed by atoms with Gasteiger partial charge in [0.2, 0.25) is 0 Å². The molecule has 0 atom stereocenters. The third-order valence-corrected chi connectivity index (χ3v) is 4.52. The molecule has 0 N–H and O–H groups in total. The van der Waals surface area contributed by atoms with Crippen LogP contribution in [0.3, 0.4) is 0 Å². The number of hydrogen-bond acceptors (Lipinski definition) is 5. The Morgan fingerprint density at radius 1 is 1.18 bits per heavy atom. The predicted octanol–water partition coefficient (Wildman–Crippen LogP) is 4.35. The van der Waals surface area contributed by atoms with E-state index in [1.54, 1.807) is 37.3 Å². The summed E-state index contributed by atoms with van der Waals surface area (Å²) in [6.07, 6.45) is 1.66. The van der Waals surface area contributed by atoms with Gasteiger partial charge in [-0.15, -0.1) is 0 Å². The van der Waals surface area contributed by atoms with Crippen molar-refractivity contribution >= 4 is 52.6 Å². The summed E-state index contributed by atoms with van der Waals surface area (Å²) in [5.74, 6) is -0.630. The minimum absolute atomic E-state index is 0.171. The van der Waals surface area contributed by atoms with Crippen molar-refractivity contribution < 1.29 is 19.1 Å². The lowest BCUT2D eigenvalue weighted by atomic mass is 10.1. The summed E-state index contributed by atoms with van der Waals surface area (Å²) < 4.78 is 9.82. The number of hydrazone groups is 1. The van der Waals surface area contributed by atoms with Gasteiger partial charge in [0.1, 0.15) is 0 Å². The molecule has 2 aromatic rings. The van der Waals surface area contributed by atoms with Crippen molar-refractivity contribution in [3.05, 3.63) is 63.6 Å². The van der Waals surface area contributed by atoms with E-state index in [2.05, 4.69) is 9.84 Å². The van der Waals surface area contributed by atoms with Gasteiger partial charge in [-0.05, 0) is 42.8 Å². The first-order valence-electron chi connectivity index (χ1n) is 8.26. The Balaban J connectivity index is 1.86. The second kappa shape index (κ2) is 8.46. The number of carbonyl (C=O) groups is 2. The molecule has 3 rings (SSSR count). The van der Waals surface area contributed by atoms with Gasteiger partial charge in [0.25, 0.3) is 5.91 Å². The van der Waals surface area contributed by atoms with Crippen LogP contribution >= 0.6 is 23.2 Å². The van der Waals surface area contributed by atoms with Gasteiger partial charge < -0.3 is 9.47 Å².